The summed E-state index contributed by atoms with van der Waals surface area (Å²) in [4.78, 5) is 9.29. The minimum Gasteiger partial charge on any atom is -0.507 e. The number of hydrogen-bond acceptors (Lipinski definition) is 3. The van der Waals surface area contributed by atoms with E-state index in [1.54, 1.807) is 12.3 Å². The van der Waals surface area contributed by atoms with Crippen molar-refractivity contribution in [1.29, 1.82) is 0 Å². The van der Waals surface area contributed by atoms with Gasteiger partial charge in [0.1, 0.15) is 5.75 Å². The molecule has 0 amide bonds. The van der Waals surface area contributed by atoms with Gasteiger partial charge >= 0.3 is 0 Å². The van der Waals surface area contributed by atoms with Crippen LogP contribution in [0.5, 0.6) is 5.75 Å². The van der Waals surface area contributed by atoms with E-state index in [0.717, 1.165) is 16.6 Å². The Morgan fingerprint density at radius 1 is 0.964 bits per heavy atom. The lowest BCUT2D eigenvalue weighted by atomic mass is 10.1. The zero-order valence-corrected chi connectivity index (χ0v) is 15.5. The van der Waals surface area contributed by atoms with Crippen molar-refractivity contribution in [3.05, 3.63) is 102 Å². The predicted molar refractivity (Wildman–Crippen MR) is 115 cm³/mol. The number of phenols is 1. The molecule has 4 nitrogen and oxygen atoms in total. The molecule has 0 saturated carbocycles. The lowest BCUT2D eigenvalue weighted by Crippen LogP contribution is -1.99. The molecule has 1 heterocycles. The summed E-state index contributed by atoms with van der Waals surface area (Å²) in [6, 6.07) is 23.9. The maximum atomic E-state index is 10.5. The molecule has 0 bridgehead atoms. The molecule has 0 radical (unpaired) electrons. The fourth-order valence-corrected chi connectivity index (χ4v) is 3.25. The van der Waals surface area contributed by atoms with Crippen LogP contribution in [0.1, 0.15) is 16.7 Å². The van der Waals surface area contributed by atoms with E-state index in [9.17, 15) is 5.11 Å². The smallest absolute Gasteiger partial charge is 0.230 e. The van der Waals surface area contributed by atoms with E-state index < -0.39 is 0 Å². The number of aliphatic imine (C=N–C) groups is 1. The molecule has 138 valence electrons. The van der Waals surface area contributed by atoms with E-state index in [1.165, 1.54) is 5.56 Å². The number of aromatic nitrogens is 2. The molecular formula is C24H21N3O. The van der Waals surface area contributed by atoms with E-state index in [-0.39, 0.29) is 5.75 Å². The number of fused-ring (bicyclic) bond motifs is 1. The summed E-state index contributed by atoms with van der Waals surface area (Å²) in [5.74, 6) is 0.843. The summed E-state index contributed by atoms with van der Waals surface area (Å²) >= 11 is 0. The number of rotatable bonds is 6. The van der Waals surface area contributed by atoms with Crippen molar-refractivity contribution in [1.82, 2.24) is 9.55 Å². The number of benzene rings is 3. The molecule has 0 aliphatic rings. The van der Waals surface area contributed by atoms with Crippen LogP contribution in [0.2, 0.25) is 0 Å². The molecule has 3 aromatic carbocycles. The van der Waals surface area contributed by atoms with Crippen LogP contribution in [-0.4, -0.2) is 20.9 Å². The van der Waals surface area contributed by atoms with Crippen LogP contribution in [-0.2, 0) is 13.0 Å². The molecular weight excluding hydrogens is 346 g/mol. The number of aromatic hydroxyl groups is 1. The molecule has 4 aromatic rings. The van der Waals surface area contributed by atoms with Crippen LogP contribution in [0, 0.1) is 0 Å². The number of allylic oxidation sites excluding steroid dienone is 1. The Morgan fingerprint density at radius 2 is 1.75 bits per heavy atom. The summed E-state index contributed by atoms with van der Waals surface area (Å²) in [5, 5.41) is 10.5. The van der Waals surface area contributed by atoms with Gasteiger partial charge in [-0.25, -0.2) is 9.98 Å². The van der Waals surface area contributed by atoms with E-state index >= 15 is 0 Å². The van der Waals surface area contributed by atoms with Crippen molar-refractivity contribution < 1.29 is 5.11 Å². The number of phenolic OH excluding ortho intramolecular Hbond substituents is 1. The highest BCUT2D eigenvalue weighted by atomic mass is 16.3. The van der Waals surface area contributed by atoms with E-state index in [1.807, 2.05) is 60.7 Å². The Bertz CT molecular complexity index is 1140. The Morgan fingerprint density at radius 3 is 2.57 bits per heavy atom. The van der Waals surface area contributed by atoms with Gasteiger partial charge in [-0.15, -0.1) is 6.58 Å². The third-order valence-corrected chi connectivity index (χ3v) is 4.65. The standard InChI is InChI=1S/C24H21N3O/c1-2-9-19-12-8-13-20(23(19)28)16-25-24-26-21-14-6-7-15-22(21)27(24)17-18-10-4-3-5-11-18/h2-8,10-16,28H,1,9,17H2/b25-16+. The lowest BCUT2D eigenvalue weighted by Gasteiger charge is -2.07. The van der Waals surface area contributed by atoms with Crippen molar-refractivity contribution in [3.63, 3.8) is 0 Å². The molecule has 0 fully saturated rings. The van der Waals surface area contributed by atoms with Gasteiger partial charge in [-0.3, -0.25) is 0 Å². The average molecular weight is 367 g/mol. The number of nitrogens with zero attached hydrogens (tertiary/aromatic N) is 3. The van der Waals surface area contributed by atoms with Crippen LogP contribution < -0.4 is 0 Å². The second kappa shape index (κ2) is 7.92. The normalized spacial score (nSPS) is 11.3. The van der Waals surface area contributed by atoms with Crippen LogP contribution in [0.15, 0.2) is 90.4 Å². The average Bonchev–Trinajstić information content (AvgIpc) is 3.07. The predicted octanol–water partition coefficient (Wildman–Crippen LogP) is 5.27. The molecule has 4 heteroatoms. The summed E-state index contributed by atoms with van der Waals surface area (Å²) in [7, 11) is 0. The molecule has 1 N–H and O–H groups in total. The molecule has 0 spiro atoms. The lowest BCUT2D eigenvalue weighted by molar-refractivity contribution is 0.469. The zero-order chi connectivity index (χ0) is 19.3. The SMILES string of the molecule is C=CCc1cccc(/C=N/c2nc3ccccc3n2Cc2ccccc2)c1O. The topological polar surface area (TPSA) is 50.4 Å². The Hall–Kier alpha value is -3.66. The fraction of sp³-hybridized carbons (Fsp3) is 0.0833. The second-order valence-electron chi connectivity index (χ2n) is 6.58. The van der Waals surface area contributed by atoms with Crippen LogP contribution >= 0.6 is 0 Å². The quantitative estimate of drug-likeness (QED) is 0.373. The second-order valence-corrected chi connectivity index (χ2v) is 6.58. The van der Waals surface area contributed by atoms with E-state index in [4.69, 9.17) is 0 Å². The Kier molecular flexibility index (Phi) is 5.02. The highest BCUT2D eigenvalue weighted by Crippen LogP contribution is 2.25. The molecule has 0 aliphatic heterocycles. The molecule has 0 atom stereocenters. The zero-order valence-electron chi connectivity index (χ0n) is 15.5. The number of para-hydroxylation sites is 3. The maximum Gasteiger partial charge on any atom is 0.230 e. The van der Waals surface area contributed by atoms with Crippen molar-refractivity contribution in [2.24, 2.45) is 4.99 Å². The first-order chi connectivity index (χ1) is 13.8. The Labute approximate surface area is 164 Å². The summed E-state index contributed by atoms with van der Waals surface area (Å²) in [5.41, 5.74) is 4.60. The summed E-state index contributed by atoms with van der Waals surface area (Å²) < 4.78 is 2.09. The first-order valence-corrected chi connectivity index (χ1v) is 9.21. The van der Waals surface area contributed by atoms with E-state index in [2.05, 4.69) is 33.3 Å². The first-order valence-electron chi connectivity index (χ1n) is 9.21. The number of imidazole rings is 1. The van der Waals surface area contributed by atoms with Gasteiger partial charge < -0.3 is 9.67 Å². The van der Waals surface area contributed by atoms with Crippen molar-refractivity contribution >= 4 is 23.2 Å². The molecule has 0 saturated heterocycles. The molecule has 0 unspecified atom stereocenters. The van der Waals surface area contributed by atoms with Crippen molar-refractivity contribution in [3.8, 4) is 5.75 Å². The van der Waals surface area contributed by atoms with Crippen LogP contribution in [0.25, 0.3) is 11.0 Å². The number of hydrogen-bond donors (Lipinski definition) is 1. The maximum absolute atomic E-state index is 10.5. The largest absolute Gasteiger partial charge is 0.507 e. The third kappa shape index (κ3) is 3.58. The van der Waals surface area contributed by atoms with Gasteiger partial charge in [0.25, 0.3) is 0 Å². The Balaban J connectivity index is 1.75. The first kappa shape index (κ1) is 17.7. The highest BCUT2D eigenvalue weighted by molar-refractivity contribution is 5.86. The van der Waals surface area contributed by atoms with Gasteiger partial charge in [-0.2, -0.15) is 0 Å². The third-order valence-electron chi connectivity index (χ3n) is 4.65. The monoisotopic (exact) mass is 367 g/mol. The minimum atomic E-state index is 0.233. The molecule has 0 aliphatic carbocycles. The molecule has 4 rings (SSSR count). The molecule has 1 aromatic heterocycles. The summed E-state index contributed by atoms with van der Waals surface area (Å²) in [6.45, 7) is 4.42. The van der Waals surface area contributed by atoms with Crippen molar-refractivity contribution in [2.45, 2.75) is 13.0 Å². The van der Waals surface area contributed by atoms with Gasteiger partial charge in [0.05, 0.1) is 17.6 Å². The highest BCUT2D eigenvalue weighted by Gasteiger charge is 2.10. The van der Waals surface area contributed by atoms with Gasteiger partial charge in [-0.1, -0.05) is 60.7 Å². The minimum absolute atomic E-state index is 0.233. The van der Waals surface area contributed by atoms with Crippen LogP contribution in [0.3, 0.4) is 0 Å². The van der Waals surface area contributed by atoms with Crippen LogP contribution in [0.4, 0.5) is 5.95 Å². The summed E-state index contributed by atoms with van der Waals surface area (Å²) in [6.07, 6.45) is 4.06. The van der Waals surface area contributed by atoms with E-state index in [0.29, 0.717) is 24.5 Å². The van der Waals surface area contributed by atoms with Gasteiger partial charge in [-0.05, 0) is 35.7 Å². The van der Waals surface area contributed by atoms with Gasteiger partial charge in [0.15, 0.2) is 0 Å². The van der Waals surface area contributed by atoms with Crippen molar-refractivity contribution in [2.75, 3.05) is 0 Å². The van der Waals surface area contributed by atoms with Gasteiger partial charge in [0, 0.05) is 11.8 Å². The molecule has 28 heavy (non-hydrogen) atoms. The fourth-order valence-electron chi connectivity index (χ4n) is 3.25. The van der Waals surface area contributed by atoms with Gasteiger partial charge in [0.2, 0.25) is 5.95 Å².